The van der Waals surface area contributed by atoms with E-state index in [0.29, 0.717) is 12.4 Å². The molecule has 7 nitrogen and oxygen atoms in total. The molecule has 1 atom stereocenters. The van der Waals surface area contributed by atoms with Crippen LogP contribution in [-0.4, -0.2) is 50.2 Å². The van der Waals surface area contributed by atoms with Gasteiger partial charge >= 0.3 is 6.03 Å². The van der Waals surface area contributed by atoms with Crippen molar-refractivity contribution < 1.29 is 9.90 Å². The van der Waals surface area contributed by atoms with Gasteiger partial charge in [-0.05, 0) is 33.1 Å². The Kier molecular flexibility index (Phi) is 4.36. The molecule has 1 aliphatic rings. The lowest BCUT2D eigenvalue weighted by atomic mass is 10.0. The van der Waals surface area contributed by atoms with E-state index in [0.717, 1.165) is 19.3 Å². The molecule has 1 aromatic heterocycles. The Hall–Kier alpha value is -1.63. The number of aliphatic hydroxyl groups excluding tert-OH is 1. The van der Waals surface area contributed by atoms with Gasteiger partial charge in [-0.1, -0.05) is 5.21 Å². The van der Waals surface area contributed by atoms with Gasteiger partial charge in [-0.3, -0.25) is 5.32 Å². The molecule has 19 heavy (non-hydrogen) atoms. The molecule has 2 amide bonds. The SMILES string of the molecule is CC(C)n1cc(NC(=O)N2CCCC[C@@H]2CO)nn1. The number of aliphatic hydroxyl groups is 1. The lowest BCUT2D eigenvalue weighted by Crippen LogP contribution is -2.47. The fraction of sp³-hybridized carbons (Fsp3) is 0.750. The molecule has 0 aromatic carbocycles. The highest BCUT2D eigenvalue weighted by molar-refractivity contribution is 5.88. The normalized spacial score (nSPS) is 19.8. The van der Waals surface area contributed by atoms with Crippen molar-refractivity contribution >= 4 is 11.8 Å². The second-order valence-corrected chi connectivity index (χ2v) is 5.13. The summed E-state index contributed by atoms with van der Waals surface area (Å²) >= 11 is 0. The van der Waals surface area contributed by atoms with E-state index < -0.39 is 0 Å². The van der Waals surface area contributed by atoms with Crippen LogP contribution in [0.3, 0.4) is 0 Å². The minimum Gasteiger partial charge on any atom is -0.394 e. The number of rotatable bonds is 3. The van der Waals surface area contributed by atoms with Crippen molar-refractivity contribution in [1.29, 1.82) is 0 Å². The van der Waals surface area contributed by atoms with Crippen molar-refractivity contribution in [3.05, 3.63) is 6.20 Å². The second-order valence-electron chi connectivity index (χ2n) is 5.13. The zero-order valence-electron chi connectivity index (χ0n) is 11.4. The number of carbonyl (C=O) groups is 1. The van der Waals surface area contributed by atoms with Crippen molar-refractivity contribution in [1.82, 2.24) is 19.9 Å². The summed E-state index contributed by atoms with van der Waals surface area (Å²) in [4.78, 5) is 13.8. The molecule has 2 N–H and O–H groups in total. The molecule has 7 heteroatoms. The molecule has 2 heterocycles. The van der Waals surface area contributed by atoms with Gasteiger partial charge in [0.2, 0.25) is 0 Å². The summed E-state index contributed by atoms with van der Waals surface area (Å²) < 4.78 is 1.69. The number of likely N-dealkylation sites (tertiary alicyclic amines) is 1. The molecule has 1 aliphatic heterocycles. The molecule has 1 saturated heterocycles. The average molecular weight is 267 g/mol. The highest BCUT2D eigenvalue weighted by Crippen LogP contribution is 2.18. The zero-order valence-corrected chi connectivity index (χ0v) is 11.4. The number of amides is 2. The van der Waals surface area contributed by atoms with Gasteiger partial charge in [-0.25, -0.2) is 9.48 Å². The van der Waals surface area contributed by atoms with Gasteiger partial charge in [-0.15, -0.1) is 5.10 Å². The van der Waals surface area contributed by atoms with E-state index in [2.05, 4.69) is 15.6 Å². The quantitative estimate of drug-likeness (QED) is 0.863. The van der Waals surface area contributed by atoms with E-state index in [1.165, 1.54) is 0 Å². The Balaban J connectivity index is 1.99. The first-order chi connectivity index (χ1) is 9.11. The predicted octanol–water partition coefficient (Wildman–Crippen LogP) is 1.24. The molecule has 0 spiro atoms. The second kappa shape index (κ2) is 6.01. The highest BCUT2D eigenvalue weighted by atomic mass is 16.3. The van der Waals surface area contributed by atoms with Crippen LogP contribution in [0.4, 0.5) is 10.6 Å². The molecule has 2 rings (SSSR count). The number of hydrogen-bond acceptors (Lipinski definition) is 4. The molecule has 106 valence electrons. The van der Waals surface area contributed by atoms with Gasteiger partial charge in [0, 0.05) is 12.6 Å². The van der Waals surface area contributed by atoms with E-state index in [1.807, 2.05) is 13.8 Å². The number of nitrogens with one attached hydrogen (secondary N) is 1. The number of hydrogen-bond donors (Lipinski definition) is 2. The van der Waals surface area contributed by atoms with Crippen LogP contribution < -0.4 is 5.32 Å². The smallest absolute Gasteiger partial charge is 0.323 e. The number of anilines is 1. The predicted molar refractivity (Wildman–Crippen MR) is 70.9 cm³/mol. The van der Waals surface area contributed by atoms with Crippen molar-refractivity contribution in [3.63, 3.8) is 0 Å². The molecule has 0 radical (unpaired) electrons. The Morgan fingerprint density at radius 3 is 3.00 bits per heavy atom. The third-order valence-electron chi connectivity index (χ3n) is 3.37. The first kappa shape index (κ1) is 13.8. The molecule has 0 aliphatic carbocycles. The third-order valence-corrected chi connectivity index (χ3v) is 3.37. The van der Waals surface area contributed by atoms with Crippen molar-refractivity contribution in [2.45, 2.75) is 45.2 Å². The minimum atomic E-state index is -0.213. The summed E-state index contributed by atoms with van der Waals surface area (Å²) in [7, 11) is 0. The third kappa shape index (κ3) is 3.23. The van der Waals surface area contributed by atoms with E-state index in [4.69, 9.17) is 0 Å². The van der Waals surface area contributed by atoms with Gasteiger partial charge in [0.1, 0.15) is 0 Å². The van der Waals surface area contributed by atoms with Crippen LogP contribution >= 0.6 is 0 Å². The highest BCUT2D eigenvalue weighted by Gasteiger charge is 2.26. The van der Waals surface area contributed by atoms with Gasteiger partial charge in [0.15, 0.2) is 5.82 Å². The summed E-state index contributed by atoms with van der Waals surface area (Å²) in [5.41, 5.74) is 0. The van der Waals surface area contributed by atoms with Crippen LogP contribution in [0.15, 0.2) is 6.20 Å². The van der Waals surface area contributed by atoms with Crippen molar-refractivity contribution in [2.24, 2.45) is 0 Å². The Labute approximate surface area is 112 Å². The Morgan fingerprint density at radius 1 is 1.58 bits per heavy atom. The maximum absolute atomic E-state index is 12.1. The van der Waals surface area contributed by atoms with Crippen LogP contribution in [-0.2, 0) is 0 Å². The summed E-state index contributed by atoms with van der Waals surface area (Å²) in [6, 6.07) is -0.0956. The van der Waals surface area contributed by atoms with Crippen LogP contribution in [0, 0.1) is 0 Å². The molecule has 0 unspecified atom stereocenters. The standard InChI is InChI=1S/C12H21N5O2/c1-9(2)17-7-11(14-15-17)13-12(19)16-6-4-3-5-10(16)8-18/h7,9-10,18H,3-6,8H2,1-2H3,(H,13,19)/t10-/m1/s1. The summed E-state index contributed by atoms with van der Waals surface area (Å²) in [5.74, 6) is 0.445. The van der Waals surface area contributed by atoms with Gasteiger partial charge in [0.05, 0.1) is 18.8 Å². The van der Waals surface area contributed by atoms with Gasteiger partial charge in [0.25, 0.3) is 0 Å². The molecule has 1 fully saturated rings. The largest absolute Gasteiger partial charge is 0.394 e. The van der Waals surface area contributed by atoms with Crippen LogP contribution in [0.1, 0.15) is 39.2 Å². The number of urea groups is 1. The molecule has 0 bridgehead atoms. The summed E-state index contributed by atoms with van der Waals surface area (Å²) in [6.07, 6.45) is 4.59. The maximum atomic E-state index is 12.1. The number of piperidine rings is 1. The van der Waals surface area contributed by atoms with Crippen LogP contribution in [0.25, 0.3) is 0 Å². The minimum absolute atomic E-state index is 0.00606. The molecular weight excluding hydrogens is 246 g/mol. The van der Waals surface area contributed by atoms with Gasteiger partial charge in [-0.2, -0.15) is 0 Å². The van der Waals surface area contributed by atoms with E-state index >= 15 is 0 Å². The molecule has 1 aromatic rings. The fourth-order valence-corrected chi connectivity index (χ4v) is 2.23. The van der Waals surface area contributed by atoms with Crippen LogP contribution in [0.5, 0.6) is 0 Å². The fourth-order valence-electron chi connectivity index (χ4n) is 2.23. The monoisotopic (exact) mass is 267 g/mol. The number of aromatic nitrogens is 3. The summed E-state index contributed by atoms with van der Waals surface area (Å²) in [5, 5.41) is 19.9. The maximum Gasteiger partial charge on any atom is 0.323 e. The average Bonchev–Trinajstić information content (AvgIpc) is 2.87. The van der Waals surface area contributed by atoms with Crippen molar-refractivity contribution in [3.8, 4) is 0 Å². The van der Waals surface area contributed by atoms with Gasteiger partial charge < -0.3 is 10.0 Å². The van der Waals surface area contributed by atoms with Crippen molar-refractivity contribution in [2.75, 3.05) is 18.5 Å². The zero-order chi connectivity index (χ0) is 13.8. The van der Waals surface area contributed by atoms with E-state index in [-0.39, 0.29) is 24.7 Å². The van der Waals surface area contributed by atoms with Crippen LogP contribution in [0.2, 0.25) is 0 Å². The Bertz CT molecular complexity index is 432. The van der Waals surface area contributed by atoms with E-state index in [9.17, 15) is 9.90 Å². The topological polar surface area (TPSA) is 83.3 Å². The lowest BCUT2D eigenvalue weighted by Gasteiger charge is -2.34. The number of nitrogens with zero attached hydrogens (tertiary/aromatic N) is 4. The first-order valence-corrected chi connectivity index (χ1v) is 6.72. The molecular formula is C12H21N5O2. The Morgan fingerprint density at radius 2 is 2.37 bits per heavy atom. The van der Waals surface area contributed by atoms with E-state index in [1.54, 1.807) is 15.8 Å². The molecule has 0 saturated carbocycles. The number of carbonyl (C=O) groups excluding carboxylic acids is 1. The lowest BCUT2D eigenvalue weighted by molar-refractivity contribution is 0.115. The first-order valence-electron chi connectivity index (χ1n) is 6.72. The summed E-state index contributed by atoms with van der Waals surface area (Å²) in [6.45, 7) is 4.67.